The Morgan fingerprint density at radius 2 is 1.85 bits per heavy atom. The van der Waals surface area contributed by atoms with Crippen molar-refractivity contribution in [2.75, 3.05) is 23.1 Å². The molecule has 5 N–H and O–H groups in total. The Morgan fingerprint density at radius 3 is 2.58 bits per heavy atom. The van der Waals surface area contributed by atoms with Crippen molar-refractivity contribution in [1.29, 1.82) is 0 Å². The summed E-state index contributed by atoms with van der Waals surface area (Å²) in [5.74, 6) is 0.188. The van der Waals surface area contributed by atoms with Crippen LogP contribution in [0.4, 0.5) is 23.1 Å². The van der Waals surface area contributed by atoms with Gasteiger partial charge < -0.3 is 26.4 Å². The SMILES string of the molecule is Bc1cnc(Nc2cccc(NC(=O)C(N)Cc3ccccc3)c2)nc1NC(C)C(=O)OC. The first-order valence-corrected chi connectivity index (χ1v) is 10.5. The van der Waals surface area contributed by atoms with Crippen molar-refractivity contribution in [3.8, 4) is 0 Å². The fraction of sp³-hybridized carbons (Fsp3) is 0.217. The molecule has 3 aromatic rings. The summed E-state index contributed by atoms with van der Waals surface area (Å²) >= 11 is 0. The Balaban J connectivity index is 1.65. The number of aromatic nitrogens is 2. The van der Waals surface area contributed by atoms with Crippen LogP contribution < -0.4 is 27.1 Å². The third kappa shape index (κ3) is 6.78. The van der Waals surface area contributed by atoms with E-state index in [-0.39, 0.29) is 5.91 Å². The van der Waals surface area contributed by atoms with Gasteiger partial charge in [-0.3, -0.25) is 4.79 Å². The van der Waals surface area contributed by atoms with E-state index < -0.39 is 18.1 Å². The predicted molar refractivity (Wildman–Crippen MR) is 132 cm³/mol. The maximum absolute atomic E-state index is 12.5. The Kier molecular flexibility index (Phi) is 7.99. The second-order valence-electron chi connectivity index (χ2n) is 7.61. The van der Waals surface area contributed by atoms with Crippen LogP contribution in [-0.4, -0.2) is 48.9 Å². The molecule has 1 heterocycles. The van der Waals surface area contributed by atoms with E-state index >= 15 is 0 Å². The first-order chi connectivity index (χ1) is 15.9. The second kappa shape index (κ2) is 11.1. The summed E-state index contributed by atoms with van der Waals surface area (Å²) in [6.07, 6.45) is 2.09. The van der Waals surface area contributed by atoms with Crippen LogP contribution in [0, 0.1) is 0 Å². The third-order valence-corrected chi connectivity index (χ3v) is 4.90. The summed E-state index contributed by atoms with van der Waals surface area (Å²) < 4.78 is 4.74. The van der Waals surface area contributed by atoms with E-state index in [1.54, 1.807) is 31.3 Å². The van der Waals surface area contributed by atoms with Crippen molar-refractivity contribution in [2.45, 2.75) is 25.4 Å². The molecule has 33 heavy (non-hydrogen) atoms. The third-order valence-electron chi connectivity index (χ3n) is 4.90. The van der Waals surface area contributed by atoms with Gasteiger partial charge in [-0.15, -0.1) is 0 Å². The van der Waals surface area contributed by atoms with Gasteiger partial charge in [-0.05, 0) is 42.6 Å². The van der Waals surface area contributed by atoms with Crippen LogP contribution in [0.3, 0.4) is 0 Å². The second-order valence-corrected chi connectivity index (χ2v) is 7.61. The van der Waals surface area contributed by atoms with Crippen molar-refractivity contribution in [3.63, 3.8) is 0 Å². The lowest BCUT2D eigenvalue weighted by atomic mass is 9.99. The van der Waals surface area contributed by atoms with E-state index in [4.69, 9.17) is 10.5 Å². The molecule has 0 bridgehead atoms. The number of methoxy groups -OCH3 is 1. The molecule has 1 amide bonds. The zero-order valence-electron chi connectivity index (χ0n) is 18.8. The molecule has 0 radical (unpaired) electrons. The maximum atomic E-state index is 12.5. The van der Waals surface area contributed by atoms with Crippen LogP contribution in [0.15, 0.2) is 60.8 Å². The van der Waals surface area contributed by atoms with E-state index in [1.807, 2.05) is 44.2 Å². The Hall–Kier alpha value is -3.92. The van der Waals surface area contributed by atoms with Crippen molar-refractivity contribution >= 4 is 48.3 Å². The smallest absolute Gasteiger partial charge is 0.328 e. The number of ether oxygens (including phenoxy) is 1. The molecule has 0 saturated heterocycles. The number of esters is 1. The van der Waals surface area contributed by atoms with Gasteiger partial charge in [0.15, 0.2) is 0 Å². The number of nitrogens with one attached hydrogen (secondary N) is 3. The number of hydrogen-bond acceptors (Lipinski definition) is 8. The number of nitrogens with two attached hydrogens (primary N) is 1. The van der Waals surface area contributed by atoms with Crippen LogP contribution in [0.5, 0.6) is 0 Å². The number of benzene rings is 2. The van der Waals surface area contributed by atoms with Gasteiger partial charge >= 0.3 is 5.97 Å². The highest BCUT2D eigenvalue weighted by Crippen LogP contribution is 2.19. The molecule has 10 heteroatoms. The van der Waals surface area contributed by atoms with Crippen LogP contribution in [0.1, 0.15) is 12.5 Å². The Bertz CT molecular complexity index is 1110. The number of carbonyl (C=O) groups excluding carboxylic acids is 2. The normalized spacial score (nSPS) is 12.3. The number of nitrogens with zero attached hydrogens (tertiary/aromatic N) is 2. The molecule has 3 rings (SSSR count). The fourth-order valence-electron chi connectivity index (χ4n) is 3.09. The molecular formula is C23H27BN6O3. The predicted octanol–water partition coefficient (Wildman–Crippen LogP) is 0.960. The average Bonchev–Trinajstić information content (AvgIpc) is 2.81. The van der Waals surface area contributed by atoms with Gasteiger partial charge in [0, 0.05) is 17.6 Å². The van der Waals surface area contributed by atoms with Crippen molar-refractivity contribution in [1.82, 2.24) is 9.97 Å². The molecule has 2 aromatic carbocycles. The molecule has 0 saturated carbocycles. The topological polar surface area (TPSA) is 131 Å². The van der Waals surface area contributed by atoms with Gasteiger partial charge in [0.05, 0.1) is 13.2 Å². The largest absolute Gasteiger partial charge is 0.467 e. The van der Waals surface area contributed by atoms with Crippen molar-refractivity contribution in [3.05, 3.63) is 66.4 Å². The molecular weight excluding hydrogens is 419 g/mol. The Labute approximate surface area is 193 Å². The Morgan fingerprint density at radius 1 is 1.12 bits per heavy atom. The van der Waals surface area contributed by atoms with Gasteiger partial charge in [-0.25, -0.2) is 9.78 Å². The summed E-state index contributed by atoms with van der Waals surface area (Å²) in [6.45, 7) is 1.69. The van der Waals surface area contributed by atoms with Crippen molar-refractivity contribution in [2.24, 2.45) is 5.73 Å². The summed E-state index contributed by atoms with van der Waals surface area (Å²) in [5.41, 5.74) is 9.13. The summed E-state index contributed by atoms with van der Waals surface area (Å²) in [7, 11) is 3.17. The molecule has 170 valence electrons. The van der Waals surface area contributed by atoms with Gasteiger partial charge in [-0.2, -0.15) is 4.98 Å². The first kappa shape index (κ1) is 23.7. The summed E-state index contributed by atoms with van der Waals surface area (Å²) in [6, 6.07) is 15.6. The highest BCUT2D eigenvalue weighted by molar-refractivity contribution is 6.35. The number of rotatable bonds is 9. The lowest BCUT2D eigenvalue weighted by Crippen LogP contribution is -2.37. The van der Waals surface area contributed by atoms with Crippen LogP contribution >= 0.6 is 0 Å². The van der Waals surface area contributed by atoms with Crippen LogP contribution in [-0.2, 0) is 20.7 Å². The lowest BCUT2D eigenvalue weighted by molar-refractivity contribution is -0.141. The standard InChI is InChI=1S/C23H27BN6O3/c1-14(22(32)33-2)27-20-18(24)13-26-23(30-20)29-17-10-6-9-16(12-17)28-21(31)19(25)11-15-7-4-3-5-8-15/h3-10,12-14,19H,11,24-25H2,1-2H3,(H,28,31)(H2,26,27,29,30). The monoisotopic (exact) mass is 446 g/mol. The van der Waals surface area contributed by atoms with E-state index in [9.17, 15) is 9.59 Å². The van der Waals surface area contributed by atoms with E-state index in [2.05, 4.69) is 25.9 Å². The highest BCUT2D eigenvalue weighted by atomic mass is 16.5. The fourth-order valence-corrected chi connectivity index (χ4v) is 3.09. The minimum atomic E-state index is -0.671. The molecule has 0 aliphatic heterocycles. The maximum Gasteiger partial charge on any atom is 0.328 e. The molecule has 0 fully saturated rings. The first-order valence-electron chi connectivity index (χ1n) is 10.5. The molecule has 2 atom stereocenters. The van der Waals surface area contributed by atoms with E-state index in [0.29, 0.717) is 29.6 Å². The molecule has 9 nitrogen and oxygen atoms in total. The average molecular weight is 446 g/mol. The van der Waals surface area contributed by atoms with Gasteiger partial charge in [0.1, 0.15) is 19.7 Å². The van der Waals surface area contributed by atoms with E-state index in [1.165, 1.54) is 7.11 Å². The van der Waals surface area contributed by atoms with Gasteiger partial charge in [0.25, 0.3) is 0 Å². The highest BCUT2D eigenvalue weighted by Gasteiger charge is 2.16. The zero-order valence-corrected chi connectivity index (χ0v) is 18.8. The summed E-state index contributed by atoms with van der Waals surface area (Å²) in [4.78, 5) is 32.9. The number of anilines is 4. The minimum absolute atomic E-state index is 0.272. The molecule has 0 spiro atoms. The number of hydrogen-bond donors (Lipinski definition) is 4. The number of carbonyl (C=O) groups is 2. The molecule has 2 unspecified atom stereocenters. The quantitative estimate of drug-likeness (QED) is 0.282. The van der Waals surface area contributed by atoms with E-state index in [0.717, 1.165) is 11.0 Å². The molecule has 0 aliphatic carbocycles. The summed E-state index contributed by atoms with van der Waals surface area (Å²) in [5, 5.41) is 8.98. The van der Waals surface area contributed by atoms with Crippen molar-refractivity contribution < 1.29 is 14.3 Å². The van der Waals surface area contributed by atoms with Crippen LogP contribution in [0.2, 0.25) is 0 Å². The molecule has 0 aliphatic rings. The van der Waals surface area contributed by atoms with Gasteiger partial charge in [0.2, 0.25) is 11.9 Å². The lowest BCUT2D eigenvalue weighted by Gasteiger charge is -2.15. The zero-order chi connectivity index (χ0) is 23.8. The van der Waals surface area contributed by atoms with Gasteiger partial charge in [-0.1, -0.05) is 36.4 Å². The van der Waals surface area contributed by atoms with Crippen LogP contribution in [0.25, 0.3) is 0 Å². The minimum Gasteiger partial charge on any atom is -0.467 e. The number of amides is 1. The molecule has 1 aromatic heterocycles.